The van der Waals surface area contributed by atoms with Gasteiger partial charge in [-0.15, -0.1) is 0 Å². The highest BCUT2D eigenvalue weighted by molar-refractivity contribution is 7.91. The average Bonchev–Trinajstić information content (AvgIpc) is 3.10. The summed E-state index contributed by atoms with van der Waals surface area (Å²) in [7, 11) is 1.49. The van der Waals surface area contributed by atoms with Crippen LogP contribution >= 0.6 is 0 Å². The SMILES string of the molecule is COc1cccc(C(=O)N(Cc2ccc(OC)c(OC)c2)C2CCS(=O)(=O)C2)c1. The van der Waals surface area contributed by atoms with E-state index < -0.39 is 9.84 Å². The van der Waals surface area contributed by atoms with E-state index in [1.54, 1.807) is 55.5 Å². The molecule has 2 aromatic rings. The fourth-order valence-corrected chi connectivity index (χ4v) is 5.22. The largest absolute Gasteiger partial charge is 0.497 e. The van der Waals surface area contributed by atoms with E-state index in [1.165, 1.54) is 7.11 Å². The number of methoxy groups -OCH3 is 3. The molecule has 1 heterocycles. The van der Waals surface area contributed by atoms with Gasteiger partial charge in [-0.3, -0.25) is 4.79 Å². The first-order chi connectivity index (χ1) is 13.9. The molecule has 1 aliphatic rings. The molecule has 0 saturated carbocycles. The van der Waals surface area contributed by atoms with Crippen molar-refractivity contribution in [2.24, 2.45) is 0 Å². The van der Waals surface area contributed by atoms with Crippen molar-refractivity contribution in [3.05, 3.63) is 53.6 Å². The molecule has 156 valence electrons. The van der Waals surface area contributed by atoms with E-state index in [4.69, 9.17) is 14.2 Å². The van der Waals surface area contributed by atoms with Crippen LogP contribution in [-0.2, 0) is 16.4 Å². The molecule has 1 fully saturated rings. The highest BCUT2D eigenvalue weighted by Gasteiger charge is 2.35. The lowest BCUT2D eigenvalue weighted by atomic mass is 10.1. The van der Waals surface area contributed by atoms with Crippen LogP contribution in [0.25, 0.3) is 0 Å². The van der Waals surface area contributed by atoms with Gasteiger partial charge in [-0.25, -0.2) is 8.42 Å². The number of hydrogen-bond acceptors (Lipinski definition) is 6. The minimum atomic E-state index is -3.15. The number of benzene rings is 2. The molecular weight excluding hydrogens is 394 g/mol. The minimum absolute atomic E-state index is 0.0317. The van der Waals surface area contributed by atoms with Gasteiger partial charge in [0.2, 0.25) is 0 Å². The van der Waals surface area contributed by atoms with Crippen LogP contribution in [0.5, 0.6) is 17.2 Å². The summed E-state index contributed by atoms with van der Waals surface area (Å²) in [5.74, 6) is 1.53. The zero-order valence-corrected chi connectivity index (χ0v) is 17.6. The van der Waals surface area contributed by atoms with Crippen LogP contribution in [0.3, 0.4) is 0 Å². The highest BCUT2D eigenvalue weighted by Crippen LogP contribution is 2.30. The molecule has 0 aromatic heterocycles. The Morgan fingerprint density at radius 3 is 2.41 bits per heavy atom. The second kappa shape index (κ2) is 8.73. The second-order valence-corrected chi connectivity index (χ2v) is 9.14. The zero-order valence-electron chi connectivity index (χ0n) is 16.8. The lowest BCUT2D eigenvalue weighted by molar-refractivity contribution is 0.0680. The van der Waals surface area contributed by atoms with Crippen molar-refractivity contribution in [1.29, 1.82) is 0 Å². The second-order valence-electron chi connectivity index (χ2n) is 6.91. The van der Waals surface area contributed by atoms with Gasteiger partial charge in [-0.2, -0.15) is 0 Å². The lowest BCUT2D eigenvalue weighted by Gasteiger charge is -2.29. The van der Waals surface area contributed by atoms with Crippen LogP contribution < -0.4 is 14.2 Å². The van der Waals surface area contributed by atoms with Crippen LogP contribution in [0.2, 0.25) is 0 Å². The molecular formula is C21H25NO6S. The smallest absolute Gasteiger partial charge is 0.254 e. The Bertz CT molecular complexity index is 988. The molecule has 1 amide bonds. The van der Waals surface area contributed by atoms with E-state index in [2.05, 4.69) is 0 Å². The Labute approximate surface area is 171 Å². The zero-order chi connectivity index (χ0) is 21.0. The van der Waals surface area contributed by atoms with E-state index in [0.717, 1.165) is 5.56 Å². The van der Waals surface area contributed by atoms with E-state index >= 15 is 0 Å². The fourth-order valence-electron chi connectivity index (χ4n) is 3.49. The summed E-state index contributed by atoms with van der Waals surface area (Å²) >= 11 is 0. The molecule has 0 bridgehead atoms. The molecule has 8 heteroatoms. The van der Waals surface area contributed by atoms with Gasteiger partial charge in [0.1, 0.15) is 5.75 Å². The summed E-state index contributed by atoms with van der Waals surface area (Å²) < 4.78 is 39.9. The standard InChI is InChI=1S/C21H25NO6S/c1-26-18-6-4-5-16(12-18)21(23)22(17-9-10-29(24,25)14-17)13-15-7-8-19(27-2)20(11-15)28-3/h4-8,11-12,17H,9-10,13-14H2,1-3H3. The fraction of sp³-hybridized carbons (Fsp3) is 0.381. The average molecular weight is 419 g/mol. The minimum Gasteiger partial charge on any atom is -0.497 e. The van der Waals surface area contributed by atoms with E-state index in [9.17, 15) is 13.2 Å². The van der Waals surface area contributed by atoms with Crippen LogP contribution in [-0.4, -0.2) is 58.1 Å². The van der Waals surface area contributed by atoms with Crippen molar-refractivity contribution in [3.8, 4) is 17.2 Å². The van der Waals surface area contributed by atoms with Crippen LogP contribution in [0.4, 0.5) is 0 Å². The highest BCUT2D eigenvalue weighted by atomic mass is 32.2. The van der Waals surface area contributed by atoms with Crippen molar-refractivity contribution in [2.45, 2.75) is 19.0 Å². The normalized spacial score (nSPS) is 17.6. The van der Waals surface area contributed by atoms with Gasteiger partial charge in [0.25, 0.3) is 5.91 Å². The van der Waals surface area contributed by atoms with Gasteiger partial charge in [0.05, 0.1) is 32.8 Å². The molecule has 0 aliphatic carbocycles. The summed E-state index contributed by atoms with van der Waals surface area (Å²) in [4.78, 5) is 14.9. The number of rotatable bonds is 7. The maximum absolute atomic E-state index is 13.3. The van der Waals surface area contributed by atoms with Gasteiger partial charge in [0.15, 0.2) is 21.3 Å². The van der Waals surface area contributed by atoms with Crippen molar-refractivity contribution in [3.63, 3.8) is 0 Å². The van der Waals surface area contributed by atoms with Gasteiger partial charge < -0.3 is 19.1 Å². The topological polar surface area (TPSA) is 82.1 Å². The van der Waals surface area contributed by atoms with Crippen molar-refractivity contribution in [2.75, 3.05) is 32.8 Å². The van der Waals surface area contributed by atoms with Crippen LogP contribution in [0.15, 0.2) is 42.5 Å². The first-order valence-corrected chi connectivity index (χ1v) is 11.1. The van der Waals surface area contributed by atoms with Gasteiger partial charge >= 0.3 is 0 Å². The number of ether oxygens (including phenoxy) is 3. The molecule has 1 unspecified atom stereocenters. The Hall–Kier alpha value is -2.74. The molecule has 3 rings (SSSR count). The quantitative estimate of drug-likeness (QED) is 0.686. The van der Waals surface area contributed by atoms with E-state index in [0.29, 0.717) is 29.2 Å². The predicted octanol–water partition coefficient (Wildman–Crippen LogP) is 2.54. The number of nitrogens with zero attached hydrogens (tertiary/aromatic N) is 1. The van der Waals surface area contributed by atoms with Gasteiger partial charge in [-0.05, 0) is 42.3 Å². The third-order valence-corrected chi connectivity index (χ3v) is 6.78. The van der Waals surface area contributed by atoms with Crippen molar-refractivity contribution in [1.82, 2.24) is 4.90 Å². The Morgan fingerprint density at radius 1 is 1.03 bits per heavy atom. The van der Waals surface area contributed by atoms with Crippen molar-refractivity contribution < 1.29 is 27.4 Å². The van der Waals surface area contributed by atoms with E-state index in [1.807, 2.05) is 6.07 Å². The van der Waals surface area contributed by atoms with Gasteiger partial charge in [-0.1, -0.05) is 12.1 Å². The number of carbonyl (C=O) groups is 1. The number of sulfone groups is 1. The predicted molar refractivity (Wildman–Crippen MR) is 109 cm³/mol. The number of hydrogen-bond donors (Lipinski definition) is 0. The van der Waals surface area contributed by atoms with E-state index in [-0.39, 0.29) is 30.0 Å². The molecule has 0 spiro atoms. The summed E-state index contributed by atoms with van der Waals surface area (Å²) in [6.45, 7) is 0.261. The van der Waals surface area contributed by atoms with Crippen LogP contribution in [0, 0.1) is 0 Å². The lowest BCUT2D eigenvalue weighted by Crippen LogP contribution is -2.40. The van der Waals surface area contributed by atoms with Crippen molar-refractivity contribution >= 4 is 15.7 Å². The molecule has 2 aromatic carbocycles. The Kier molecular flexibility index (Phi) is 6.32. The summed E-state index contributed by atoms with van der Waals surface area (Å²) in [5.41, 5.74) is 1.28. The Morgan fingerprint density at radius 2 is 1.79 bits per heavy atom. The maximum atomic E-state index is 13.3. The molecule has 0 N–H and O–H groups in total. The van der Waals surface area contributed by atoms with Crippen LogP contribution in [0.1, 0.15) is 22.3 Å². The third kappa shape index (κ3) is 4.82. The molecule has 7 nitrogen and oxygen atoms in total. The first kappa shape index (κ1) is 21.0. The van der Waals surface area contributed by atoms with Gasteiger partial charge in [0, 0.05) is 18.2 Å². The molecule has 1 aliphatic heterocycles. The summed E-state index contributed by atoms with van der Waals surface area (Å²) in [6.07, 6.45) is 0.422. The number of amides is 1. The first-order valence-electron chi connectivity index (χ1n) is 9.23. The molecule has 29 heavy (non-hydrogen) atoms. The number of carbonyl (C=O) groups excluding carboxylic acids is 1. The maximum Gasteiger partial charge on any atom is 0.254 e. The summed E-state index contributed by atoms with van der Waals surface area (Å²) in [5, 5.41) is 0. The molecule has 0 radical (unpaired) electrons. The molecule has 1 saturated heterocycles. The summed E-state index contributed by atoms with van der Waals surface area (Å²) in [6, 6.07) is 11.9. The monoisotopic (exact) mass is 419 g/mol. The Balaban J connectivity index is 1.94. The molecule has 1 atom stereocenters. The third-order valence-electron chi connectivity index (χ3n) is 5.03.